The van der Waals surface area contributed by atoms with E-state index in [1.165, 1.54) is 4.90 Å². The molecule has 0 aliphatic carbocycles. The fourth-order valence-electron chi connectivity index (χ4n) is 7.96. The van der Waals surface area contributed by atoms with Crippen LogP contribution in [-0.4, -0.2) is 0 Å². The van der Waals surface area contributed by atoms with Gasteiger partial charge in [0.15, 0.2) is 0 Å². The maximum absolute atomic E-state index is 9.70. The topological polar surface area (TPSA) is 16.4 Å². The van der Waals surface area contributed by atoms with Crippen LogP contribution in [0.15, 0.2) is 229 Å². The zero-order valence-electron chi connectivity index (χ0n) is 39.1. The van der Waals surface area contributed by atoms with E-state index in [1.54, 1.807) is 48.5 Å². The average molecular weight is 748 g/mol. The molecular weight excluding hydrogens is 703 g/mol. The van der Waals surface area contributed by atoms with E-state index in [4.69, 9.17) is 4.42 Å². The molecule has 0 bridgehead atoms. The molecule has 0 aliphatic heterocycles. The van der Waals surface area contributed by atoms with E-state index in [1.807, 2.05) is 103 Å². The Morgan fingerprint density at radius 1 is 0.345 bits per heavy atom. The molecule has 11 rings (SSSR count). The summed E-state index contributed by atoms with van der Waals surface area (Å²) in [5.41, 5.74) is 5.77. The van der Waals surface area contributed by atoms with Crippen LogP contribution in [-0.2, 0) is 0 Å². The molecule has 0 saturated carbocycles. The van der Waals surface area contributed by atoms with Gasteiger partial charge >= 0.3 is 0 Å². The third-order valence-corrected chi connectivity index (χ3v) is 10.8. The van der Waals surface area contributed by atoms with Crippen LogP contribution >= 0.6 is 0 Å². The molecule has 2 heteroatoms. The summed E-state index contributed by atoms with van der Waals surface area (Å²) in [7, 11) is 0. The minimum Gasteiger partial charge on any atom is -0.455 e. The summed E-state index contributed by atoms with van der Waals surface area (Å²) in [6, 6.07) is 52.7. The number of fused-ring (bicyclic) bond motifs is 6. The van der Waals surface area contributed by atoms with Gasteiger partial charge in [-0.05, 0) is 104 Å². The zero-order chi connectivity index (χ0) is 45.4. The van der Waals surface area contributed by atoms with Gasteiger partial charge in [-0.3, -0.25) is 0 Å². The van der Waals surface area contributed by atoms with Crippen molar-refractivity contribution in [2.45, 2.75) is 0 Å². The Balaban J connectivity index is 1.13. The fourth-order valence-corrected chi connectivity index (χ4v) is 7.96. The highest BCUT2D eigenvalue weighted by molar-refractivity contribution is 6.15. The van der Waals surface area contributed by atoms with Crippen molar-refractivity contribution in [3.05, 3.63) is 224 Å². The summed E-state index contributed by atoms with van der Waals surface area (Å²) in [4.78, 5) is 1.38. The first-order valence-corrected chi connectivity index (χ1v) is 19.2. The molecule has 11 aromatic rings. The Hall–Kier alpha value is -7.68. The van der Waals surface area contributed by atoms with E-state index in [0.717, 1.165) is 49.0 Å². The lowest BCUT2D eigenvalue weighted by molar-refractivity contribution is 0.672. The minimum atomic E-state index is -0.411. The molecular formula is C56H37NO. The Kier molecular flexibility index (Phi) is 6.38. The highest BCUT2D eigenvalue weighted by Gasteiger charge is 2.19. The van der Waals surface area contributed by atoms with Crippen molar-refractivity contribution in [3.8, 4) is 44.5 Å². The first kappa shape index (κ1) is 26.2. The van der Waals surface area contributed by atoms with Gasteiger partial charge in [-0.2, -0.15) is 0 Å². The van der Waals surface area contributed by atoms with Crippen molar-refractivity contribution >= 4 is 60.5 Å². The maximum atomic E-state index is 9.70. The van der Waals surface area contributed by atoms with Crippen molar-refractivity contribution < 1.29 is 15.4 Å². The number of rotatable bonds is 7. The lowest BCUT2D eigenvalue weighted by Crippen LogP contribution is -2.11. The number of anilines is 3. The van der Waals surface area contributed by atoms with Crippen LogP contribution in [0.25, 0.3) is 88.0 Å². The van der Waals surface area contributed by atoms with Gasteiger partial charge in [-0.15, -0.1) is 0 Å². The lowest BCUT2D eigenvalue weighted by atomic mass is 9.96. The van der Waals surface area contributed by atoms with Crippen LogP contribution < -0.4 is 4.90 Å². The molecule has 0 spiro atoms. The van der Waals surface area contributed by atoms with E-state index >= 15 is 0 Å². The third kappa shape index (κ3) is 5.91. The smallest absolute Gasteiger partial charge is 0.143 e. The number of benzene rings is 10. The van der Waals surface area contributed by atoms with E-state index < -0.39 is 24.2 Å². The molecule has 0 atom stereocenters. The highest BCUT2D eigenvalue weighted by atomic mass is 16.3. The standard InChI is InChI=1S/C56H37NO/c1-2-11-38(12-3-1)40-25-31-46(32-26-40)57(47-33-27-41(28-34-47)39-21-23-44(24-22-39)49-19-10-15-42-13-4-6-16-48(42)49)54-20-9-8-17-50(54)45-30-36-55-53(37-45)52-35-29-43-14-5-7-18-51(43)56(52)58-55/h1-37H/i25D,26D,27D,28D,31D,32D,33D,34D. The van der Waals surface area contributed by atoms with Gasteiger partial charge in [0.25, 0.3) is 0 Å². The monoisotopic (exact) mass is 747 g/mol. The Labute approximate surface area is 348 Å². The SMILES string of the molecule is [2H]c1c([2H])c(N(c2ccccc2-c2ccc3oc4c5ccccc5ccc4c3c2)c2c([2H])c([2H])c(-c3ccc(-c4cccc5ccccc45)cc3)c([2H])c2[2H])c([2H])c([2H])c1-c1ccccc1. The number of para-hydroxylation sites is 1. The molecule has 0 amide bonds. The molecule has 2 nitrogen and oxygen atoms in total. The van der Waals surface area contributed by atoms with Gasteiger partial charge in [-0.25, -0.2) is 0 Å². The predicted octanol–water partition coefficient (Wildman–Crippen LogP) is 16.0. The molecule has 0 N–H and O–H groups in total. The molecule has 58 heavy (non-hydrogen) atoms. The van der Waals surface area contributed by atoms with Crippen molar-refractivity contribution in [2.24, 2.45) is 0 Å². The summed E-state index contributed by atoms with van der Waals surface area (Å²) < 4.78 is 82.7. The molecule has 10 aromatic carbocycles. The number of hydrogen-bond donors (Lipinski definition) is 0. The predicted molar refractivity (Wildman–Crippen MR) is 245 cm³/mol. The van der Waals surface area contributed by atoms with Gasteiger partial charge in [-0.1, -0.05) is 176 Å². The van der Waals surface area contributed by atoms with Gasteiger partial charge < -0.3 is 9.32 Å². The molecule has 0 unspecified atom stereocenters. The van der Waals surface area contributed by atoms with Gasteiger partial charge in [0, 0.05) is 33.1 Å². The van der Waals surface area contributed by atoms with E-state index in [0.29, 0.717) is 33.5 Å². The Morgan fingerprint density at radius 2 is 0.897 bits per heavy atom. The van der Waals surface area contributed by atoms with Crippen LogP contribution in [0.3, 0.4) is 0 Å². The van der Waals surface area contributed by atoms with E-state index in [9.17, 15) is 11.0 Å². The molecule has 1 aromatic heterocycles. The summed E-state index contributed by atoms with van der Waals surface area (Å²) >= 11 is 0. The second kappa shape index (κ2) is 14.1. The minimum absolute atomic E-state index is 0.0928. The summed E-state index contributed by atoms with van der Waals surface area (Å²) in [5.74, 6) is 0. The number of furan rings is 1. The van der Waals surface area contributed by atoms with Crippen molar-refractivity contribution in [1.82, 2.24) is 0 Å². The molecule has 0 fully saturated rings. The first-order chi connectivity index (χ1) is 32.1. The van der Waals surface area contributed by atoms with Crippen LogP contribution in [0.5, 0.6) is 0 Å². The number of hydrogen-bond acceptors (Lipinski definition) is 2. The number of nitrogens with zero attached hydrogens (tertiary/aromatic N) is 1. The van der Waals surface area contributed by atoms with Crippen molar-refractivity contribution in [2.75, 3.05) is 4.90 Å². The van der Waals surface area contributed by atoms with Crippen molar-refractivity contribution in [3.63, 3.8) is 0 Å². The second-order valence-electron chi connectivity index (χ2n) is 14.2. The van der Waals surface area contributed by atoms with Crippen LogP contribution in [0.2, 0.25) is 0 Å². The average Bonchev–Trinajstić information content (AvgIpc) is 3.74. The quantitative estimate of drug-likeness (QED) is 0.161. The first-order valence-electron chi connectivity index (χ1n) is 23.2. The Bertz CT molecular complexity index is 3690. The van der Waals surface area contributed by atoms with Gasteiger partial charge in [0.05, 0.1) is 16.7 Å². The van der Waals surface area contributed by atoms with Crippen LogP contribution in [0.1, 0.15) is 11.0 Å². The highest BCUT2D eigenvalue weighted by Crippen LogP contribution is 2.44. The van der Waals surface area contributed by atoms with E-state index in [2.05, 4.69) is 24.3 Å². The molecule has 0 radical (unpaired) electrons. The molecule has 0 aliphatic rings. The van der Waals surface area contributed by atoms with Crippen molar-refractivity contribution in [1.29, 1.82) is 0 Å². The molecule has 1 heterocycles. The van der Waals surface area contributed by atoms with Gasteiger partial charge in [0.2, 0.25) is 0 Å². The summed E-state index contributed by atoms with van der Waals surface area (Å²) in [5, 5.41) is 5.98. The summed E-state index contributed by atoms with van der Waals surface area (Å²) in [6.07, 6.45) is 0. The zero-order valence-corrected chi connectivity index (χ0v) is 31.1. The molecule has 272 valence electrons. The second-order valence-corrected chi connectivity index (χ2v) is 14.2. The third-order valence-electron chi connectivity index (χ3n) is 10.8. The van der Waals surface area contributed by atoms with Crippen LogP contribution in [0.4, 0.5) is 17.1 Å². The molecule has 0 saturated heterocycles. The van der Waals surface area contributed by atoms with Gasteiger partial charge in [0.1, 0.15) is 11.2 Å². The largest absolute Gasteiger partial charge is 0.455 e. The maximum Gasteiger partial charge on any atom is 0.143 e. The Morgan fingerprint density at radius 3 is 1.64 bits per heavy atom. The summed E-state index contributed by atoms with van der Waals surface area (Å²) in [6.45, 7) is 0. The van der Waals surface area contributed by atoms with E-state index in [-0.39, 0.29) is 46.7 Å². The van der Waals surface area contributed by atoms with Crippen LogP contribution in [0, 0.1) is 0 Å². The lowest BCUT2D eigenvalue weighted by Gasteiger charge is -2.28. The normalized spacial score (nSPS) is 13.4. The fraction of sp³-hybridized carbons (Fsp3) is 0.